The predicted molar refractivity (Wildman–Crippen MR) is 86.9 cm³/mol. The number of nitrogens with two attached hydrogens (primary N) is 2. The molecule has 0 saturated carbocycles. The SMILES string of the molecule is CC(C)(C)n1nc(-c2cccc(N)c2)c2c1CCCC2N. The molecule has 0 aliphatic heterocycles. The van der Waals surface area contributed by atoms with Crippen molar-refractivity contribution in [2.24, 2.45) is 5.73 Å². The molecule has 0 saturated heterocycles. The molecule has 1 heterocycles. The first-order valence-electron chi connectivity index (χ1n) is 7.61. The molecule has 4 heteroatoms. The highest BCUT2D eigenvalue weighted by Gasteiger charge is 2.30. The zero-order chi connectivity index (χ0) is 15.2. The number of anilines is 1. The number of fused-ring (bicyclic) bond motifs is 1. The van der Waals surface area contributed by atoms with E-state index in [2.05, 4.69) is 31.5 Å². The molecule has 0 radical (unpaired) electrons. The van der Waals surface area contributed by atoms with E-state index in [1.807, 2.05) is 18.2 Å². The van der Waals surface area contributed by atoms with Crippen molar-refractivity contribution in [3.8, 4) is 11.3 Å². The van der Waals surface area contributed by atoms with E-state index in [1.165, 1.54) is 11.3 Å². The number of benzene rings is 1. The summed E-state index contributed by atoms with van der Waals surface area (Å²) in [7, 11) is 0. The highest BCUT2D eigenvalue weighted by atomic mass is 15.3. The van der Waals surface area contributed by atoms with Crippen LogP contribution in [0.15, 0.2) is 24.3 Å². The Kier molecular flexibility index (Phi) is 3.29. The summed E-state index contributed by atoms with van der Waals surface area (Å²) in [6, 6.07) is 7.99. The van der Waals surface area contributed by atoms with Gasteiger partial charge in [0.15, 0.2) is 0 Å². The topological polar surface area (TPSA) is 69.9 Å². The highest BCUT2D eigenvalue weighted by Crippen LogP contribution is 2.38. The van der Waals surface area contributed by atoms with Crippen LogP contribution >= 0.6 is 0 Å². The molecule has 1 aromatic heterocycles. The van der Waals surface area contributed by atoms with Gasteiger partial charge in [-0.3, -0.25) is 4.68 Å². The molecule has 2 aromatic rings. The first kappa shape index (κ1) is 14.1. The normalized spacial score (nSPS) is 18.6. The number of rotatable bonds is 1. The number of hydrogen-bond donors (Lipinski definition) is 2. The summed E-state index contributed by atoms with van der Waals surface area (Å²) in [6.45, 7) is 6.55. The lowest BCUT2D eigenvalue weighted by Crippen LogP contribution is -2.27. The molecule has 112 valence electrons. The number of nitrogens with zero attached hydrogens (tertiary/aromatic N) is 2. The van der Waals surface area contributed by atoms with Gasteiger partial charge in [-0.15, -0.1) is 0 Å². The van der Waals surface area contributed by atoms with Crippen molar-refractivity contribution in [3.05, 3.63) is 35.5 Å². The molecule has 1 unspecified atom stereocenters. The minimum Gasteiger partial charge on any atom is -0.399 e. The maximum absolute atomic E-state index is 6.39. The number of hydrogen-bond acceptors (Lipinski definition) is 3. The monoisotopic (exact) mass is 284 g/mol. The van der Waals surface area contributed by atoms with Crippen molar-refractivity contribution >= 4 is 5.69 Å². The molecule has 4 N–H and O–H groups in total. The van der Waals surface area contributed by atoms with Gasteiger partial charge in [-0.1, -0.05) is 12.1 Å². The van der Waals surface area contributed by atoms with Gasteiger partial charge in [0, 0.05) is 28.6 Å². The lowest BCUT2D eigenvalue weighted by atomic mass is 9.89. The van der Waals surface area contributed by atoms with Crippen LogP contribution in [0, 0.1) is 0 Å². The second-order valence-electron chi connectivity index (χ2n) is 6.92. The molecule has 3 rings (SSSR count). The molecule has 4 nitrogen and oxygen atoms in total. The third-order valence-electron chi connectivity index (χ3n) is 4.12. The fourth-order valence-corrected chi connectivity index (χ4v) is 3.18. The minimum absolute atomic E-state index is 0.0419. The van der Waals surface area contributed by atoms with Crippen molar-refractivity contribution < 1.29 is 0 Å². The Hall–Kier alpha value is -1.81. The third kappa shape index (κ3) is 2.44. The molecular weight excluding hydrogens is 260 g/mol. The van der Waals surface area contributed by atoms with Crippen LogP contribution < -0.4 is 11.5 Å². The molecule has 0 spiro atoms. The first-order chi connectivity index (χ1) is 9.88. The predicted octanol–water partition coefficient (Wildman–Crippen LogP) is 3.22. The Labute approximate surface area is 126 Å². The van der Waals surface area contributed by atoms with Crippen LogP contribution in [0.25, 0.3) is 11.3 Å². The number of aromatic nitrogens is 2. The van der Waals surface area contributed by atoms with Gasteiger partial charge in [0.25, 0.3) is 0 Å². The average Bonchev–Trinajstić information content (AvgIpc) is 2.79. The molecule has 1 aromatic carbocycles. The summed E-state index contributed by atoms with van der Waals surface area (Å²) in [5.74, 6) is 0. The van der Waals surface area contributed by atoms with Gasteiger partial charge in [-0.2, -0.15) is 5.10 Å². The average molecular weight is 284 g/mol. The fourth-order valence-electron chi connectivity index (χ4n) is 3.18. The van der Waals surface area contributed by atoms with Gasteiger partial charge >= 0.3 is 0 Å². The molecule has 0 fully saturated rings. The molecule has 0 bridgehead atoms. The number of nitrogen functional groups attached to an aromatic ring is 1. The molecule has 1 aliphatic carbocycles. The van der Waals surface area contributed by atoms with E-state index >= 15 is 0 Å². The molecule has 1 aliphatic rings. The lowest BCUT2D eigenvalue weighted by molar-refractivity contribution is 0.338. The van der Waals surface area contributed by atoms with E-state index in [0.29, 0.717) is 0 Å². The smallest absolute Gasteiger partial charge is 0.0974 e. The van der Waals surface area contributed by atoms with E-state index in [9.17, 15) is 0 Å². The van der Waals surface area contributed by atoms with Gasteiger partial charge in [0.2, 0.25) is 0 Å². The molecular formula is C17H24N4. The van der Waals surface area contributed by atoms with E-state index in [1.54, 1.807) is 0 Å². The first-order valence-corrected chi connectivity index (χ1v) is 7.61. The molecule has 0 amide bonds. The van der Waals surface area contributed by atoms with Gasteiger partial charge < -0.3 is 11.5 Å². The minimum atomic E-state index is -0.0419. The van der Waals surface area contributed by atoms with Crippen LogP contribution in [0.2, 0.25) is 0 Å². The standard InChI is InChI=1S/C17H24N4/c1-17(2,3)21-14-9-5-8-13(19)15(14)16(20-21)11-6-4-7-12(18)10-11/h4,6-7,10,13H,5,8-9,18-19H2,1-3H3. The van der Waals surface area contributed by atoms with Crippen molar-refractivity contribution in [2.75, 3.05) is 5.73 Å². The van der Waals surface area contributed by atoms with Crippen molar-refractivity contribution in [2.45, 2.75) is 51.6 Å². The lowest BCUT2D eigenvalue weighted by Gasteiger charge is -2.26. The van der Waals surface area contributed by atoms with E-state index in [4.69, 9.17) is 16.6 Å². The van der Waals surface area contributed by atoms with Crippen molar-refractivity contribution in [1.82, 2.24) is 9.78 Å². The Balaban J connectivity index is 2.24. The zero-order valence-corrected chi connectivity index (χ0v) is 13.1. The van der Waals surface area contributed by atoms with E-state index in [-0.39, 0.29) is 11.6 Å². The molecule has 21 heavy (non-hydrogen) atoms. The van der Waals surface area contributed by atoms with Crippen LogP contribution in [-0.2, 0) is 12.0 Å². The second-order valence-corrected chi connectivity index (χ2v) is 6.92. The Bertz CT molecular complexity index is 664. The summed E-state index contributed by atoms with van der Waals surface area (Å²) < 4.78 is 2.15. The quantitative estimate of drug-likeness (QED) is 0.790. The largest absolute Gasteiger partial charge is 0.399 e. The van der Waals surface area contributed by atoms with Gasteiger partial charge in [-0.05, 0) is 52.2 Å². The summed E-state index contributed by atoms with van der Waals surface area (Å²) in [5.41, 5.74) is 17.6. The van der Waals surface area contributed by atoms with Gasteiger partial charge in [0.05, 0.1) is 11.2 Å². The van der Waals surface area contributed by atoms with Crippen molar-refractivity contribution in [3.63, 3.8) is 0 Å². The second kappa shape index (κ2) is 4.88. The summed E-state index contributed by atoms with van der Waals surface area (Å²) in [6.07, 6.45) is 3.21. The van der Waals surface area contributed by atoms with Gasteiger partial charge in [-0.25, -0.2) is 0 Å². The van der Waals surface area contributed by atoms with Crippen LogP contribution in [-0.4, -0.2) is 9.78 Å². The molecule has 1 atom stereocenters. The maximum Gasteiger partial charge on any atom is 0.0974 e. The summed E-state index contributed by atoms with van der Waals surface area (Å²) >= 11 is 0. The van der Waals surface area contributed by atoms with E-state index < -0.39 is 0 Å². The Morgan fingerprint density at radius 2 is 2.05 bits per heavy atom. The fraction of sp³-hybridized carbons (Fsp3) is 0.471. The van der Waals surface area contributed by atoms with Crippen LogP contribution in [0.4, 0.5) is 5.69 Å². The van der Waals surface area contributed by atoms with Crippen LogP contribution in [0.1, 0.15) is 50.9 Å². The Morgan fingerprint density at radius 3 is 2.71 bits per heavy atom. The van der Waals surface area contributed by atoms with Gasteiger partial charge in [0.1, 0.15) is 0 Å². The van der Waals surface area contributed by atoms with Crippen LogP contribution in [0.5, 0.6) is 0 Å². The highest BCUT2D eigenvalue weighted by molar-refractivity contribution is 5.68. The zero-order valence-electron chi connectivity index (χ0n) is 13.1. The van der Waals surface area contributed by atoms with Crippen molar-refractivity contribution in [1.29, 1.82) is 0 Å². The maximum atomic E-state index is 6.39. The third-order valence-corrected chi connectivity index (χ3v) is 4.12. The van der Waals surface area contributed by atoms with E-state index in [0.717, 1.165) is 36.2 Å². The Morgan fingerprint density at radius 1 is 1.29 bits per heavy atom. The van der Waals surface area contributed by atoms with Crippen LogP contribution in [0.3, 0.4) is 0 Å². The summed E-state index contributed by atoms with van der Waals surface area (Å²) in [5, 5.41) is 4.91. The summed E-state index contributed by atoms with van der Waals surface area (Å²) in [4.78, 5) is 0.